The monoisotopic (exact) mass is 379 g/mol. The third-order valence-corrected chi connectivity index (χ3v) is 5.29. The first-order valence-electron chi connectivity index (χ1n) is 9.02. The first kappa shape index (κ1) is 17.9. The van der Waals surface area contributed by atoms with Gasteiger partial charge in [0.1, 0.15) is 6.07 Å². The number of rotatable bonds is 2. The molecule has 3 heterocycles. The van der Waals surface area contributed by atoms with E-state index in [0.29, 0.717) is 31.4 Å². The van der Waals surface area contributed by atoms with Crippen molar-refractivity contribution in [3.05, 3.63) is 68.6 Å². The van der Waals surface area contributed by atoms with Gasteiger partial charge in [-0.2, -0.15) is 5.26 Å². The van der Waals surface area contributed by atoms with E-state index < -0.39 is 16.9 Å². The van der Waals surface area contributed by atoms with Crippen LogP contribution < -0.4 is 16.0 Å². The predicted molar refractivity (Wildman–Crippen MR) is 103 cm³/mol. The Morgan fingerprint density at radius 1 is 1.14 bits per heavy atom. The van der Waals surface area contributed by atoms with Crippen molar-refractivity contribution in [2.24, 2.45) is 7.05 Å². The molecule has 3 aromatic rings. The van der Waals surface area contributed by atoms with Crippen LogP contribution in [0.5, 0.6) is 0 Å². The standard InChI is InChI=1S/C20H18FN5O2/c1-24-16-4-2-3-5-17(16)26(20(28)19(24)27)14-6-8-25(9-7-14)18-15(21)10-13(11-22)12-23-18/h2-5,10,12,14H,6-9H2,1H3. The second-order valence-corrected chi connectivity index (χ2v) is 6.89. The minimum atomic E-state index is -0.555. The Morgan fingerprint density at radius 2 is 1.82 bits per heavy atom. The Kier molecular flexibility index (Phi) is 4.43. The molecule has 0 radical (unpaired) electrons. The number of para-hydroxylation sites is 2. The third-order valence-electron chi connectivity index (χ3n) is 5.29. The molecule has 1 fully saturated rings. The Labute approximate surface area is 159 Å². The van der Waals surface area contributed by atoms with E-state index in [1.54, 1.807) is 16.5 Å². The fraction of sp³-hybridized carbons (Fsp3) is 0.300. The fourth-order valence-corrected chi connectivity index (χ4v) is 3.84. The molecule has 0 aliphatic carbocycles. The van der Waals surface area contributed by atoms with Crippen LogP contribution in [0.4, 0.5) is 10.2 Å². The van der Waals surface area contributed by atoms with Crippen LogP contribution in [0.25, 0.3) is 11.0 Å². The number of fused-ring (bicyclic) bond motifs is 1. The number of nitriles is 1. The molecule has 1 aliphatic rings. The number of nitrogens with zero attached hydrogens (tertiary/aromatic N) is 5. The number of halogens is 1. The Morgan fingerprint density at radius 3 is 2.46 bits per heavy atom. The van der Waals surface area contributed by atoms with E-state index in [1.807, 2.05) is 30.3 Å². The molecule has 1 saturated heterocycles. The lowest BCUT2D eigenvalue weighted by atomic mass is 10.0. The van der Waals surface area contributed by atoms with Gasteiger partial charge in [-0.1, -0.05) is 12.1 Å². The maximum atomic E-state index is 14.3. The SMILES string of the molecule is Cn1c(=O)c(=O)n(C2CCN(c3ncc(C#N)cc3F)CC2)c2ccccc21. The van der Waals surface area contributed by atoms with Gasteiger partial charge in [0.05, 0.1) is 16.6 Å². The first-order chi connectivity index (χ1) is 13.5. The summed E-state index contributed by atoms with van der Waals surface area (Å²) in [6.45, 7) is 0.993. The lowest BCUT2D eigenvalue weighted by molar-refractivity contribution is 0.390. The molecule has 142 valence electrons. The lowest BCUT2D eigenvalue weighted by Gasteiger charge is -2.34. The average Bonchev–Trinajstić information content (AvgIpc) is 2.73. The summed E-state index contributed by atoms with van der Waals surface area (Å²) in [6.07, 6.45) is 2.51. The largest absolute Gasteiger partial charge is 0.354 e. The average molecular weight is 379 g/mol. The highest BCUT2D eigenvalue weighted by Gasteiger charge is 2.26. The molecule has 28 heavy (non-hydrogen) atoms. The van der Waals surface area contributed by atoms with E-state index in [9.17, 15) is 14.0 Å². The second kappa shape index (κ2) is 6.93. The minimum absolute atomic E-state index is 0.149. The smallest absolute Gasteiger partial charge is 0.317 e. The molecule has 1 aromatic carbocycles. The molecule has 0 spiro atoms. The van der Waals surface area contributed by atoms with Crippen LogP contribution in [0, 0.1) is 17.1 Å². The second-order valence-electron chi connectivity index (χ2n) is 6.89. The number of hydrogen-bond acceptors (Lipinski definition) is 5. The van der Waals surface area contributed by atoms with Crippen LogP contribution in [-0.2, 0) is 7.05 Å². The maximum absolute atomic E-state index is 14.3. The van der Waals surface area contributed by atoms with Gasteiger partial charge >= 0.3 is 11.1 Å². The molecule has 4 rings (SSSR count). The molecular weight excluding hydrogens is 361 g/mol. The van der Waals surface area contributed by atoms with E-state index >= 15 is 0 Å². The number of benzene rings is 1. The van der Waals surface area contributed by atoms with Crippen LogP contribution in [0.15, 0.2) is 46.1 Å². The van der Waals surface area contributed by atoms with Crippen molar-refractivity contribution in [2.45, 2.75) is 18.9 Å². The van der Waals surface area contributed by atoms with Crippen molar-refractivity contribution in [3.8, 4) is 6.07 Å². The molecule has 7 nitrogen and oxygen atoms in total. The van der Waals surface area contributed by atoms with Gasteiger partial charge < -0.3 is 9.47 Å². The predicted octanol–water partition coefficient (Wildman–Crippen LogP) is 1.95. The van der Waals surface area contributed by atoms with Gasteiger partial charge in [0.2, 0.25) is 0 Å². The third kappa shape index (κ3) is 2.85. The van der Waals surface area contributed by atoms with Crippen molar-refractivity contribution in [1.82, 2.24) is 14.1 Å². The highest BCUT2D eigenvalue weighted by atomic mass is 19.1. The zero-order chi connectivity index (χ0) is 19.8. The van der Waals surface area contributed by atoms with Crippen LogP contribution in [0.2, 0.25) is 0 Å². The molecule has 0 bridgehead atoms. The Bertz CT molecular complexity index is 1220. The van der Waals surface area contributed by atoms with Crippen molar-refractivity contribution in [3.63, 3.8) is 0 Å². The van der Waals surface area contributed by atoms with E-state index in [4.69, 9.17) is 5.26 Å². The summed E-state index contributed by atoms with van der Waals surface area (Å²) in [4.78, 5) is 30.9. The summed E-state index contributed by atoms with van der Waals surface area (Å²) in [6, 6.07) is 10.2. The van der Waals surface area contributed by atoms with Crippen LogP contribution >= 0.6 is 0 Å². The van der Waals surface area contributed by atoms with E-state index in [1.165, 1.54) is 16.8 Å². The van der Waals surface area contributed by atoms with E-state index in [0.717, 1.165) is 5.52 Å². The van der Waals surface area contributed by atoms with Gasteiger partial charge in [0, 0.05) is 32.4 Å². The van der Waals surface area contributed by atoms with Crippen LogP contribution in [0.3, 0.4) is 0 Å². The zero-order valence-corrected chi connectivity index (χ0v) is 15.3. The Hall–Kier alpha value is -3.47. The molecular formula is C20H18FN5O2. The van der Waals surface area contributed by atoms with E-state index in [-0.39, 0.29) is 17.4 Å². The molecule has 8 heteroatoms. The molecule has 0 amide bonds. The number of aromatic nitrogens is 3. The molecule has 0 N–H and O–H groups in total. The molecule has 0 atom stereocenters. The molecule has 1 aliphatic heterocycles. The summed E-state index contributed by atoms with van der Waals surface area (Å²) in [5.74, 6) is -0.327. The lowest BCUT2D eigenvalue weighted by Crippen LogP contribution is -2.45. The maximum Gasteiger partial charge on any atom is 0.317 e. The summed E-state index contributed by atoms with van der Waals surface area (Å²) < 4.78 is 17.2. The quantitative estimate of drug-likeness (QED) is 0.636. The Balaban J connectivity index is 1.66. The summed E-state index contributed by atoms with van der Waals surface area (Å²) >= 11 is 0. The van der Waals surface area contributed by atoms with Gasteiger partial charge in [0.25, 0.3) is 0 Å². The van der Waals surface area contributed by atoms with Gasteiger partial charge in [-0.25, -0.2) is 9.37 Å². The molecule has 0 saturated carbocycles. The van der Waals surface area contributed by atoms with Crippen LogP contribution in [-0.4, -0.2) is 27.2 Å². The van der Waals surface area contributed by atoms with Crippen molar-refractivity contribution >= 4 is 16.9 Å². The minimum Gasteiger partial charge on any atom is -0.354 e. The van der Waals surface area contributed by atoms with Gasteiger partial charge in [-0.15, -0.1) is 0 Å². The topological polar surface area (TPSA) is 83.9 Å². The summed E-state index contributed by atoms with van der Waals surface area (Å²) in [5.41, 5.74) is 0.502. The molecule has 2 aromatic heterocycles. The number of anilines is 1. The highest BCUT2D eigenvalue weighted by Crippen LogP contribution is 2.28. The van der Waals surface area contributed by atoms with E-state index in [2.05, 4.69) is 4.98 Å². The van der Waals surface area contributed by atoms with Crippen molar-refractivity contribution in [2.75, 3.05) is 18.0 Å². The number of aryl methyl sites for hydroxylation is 1. The van der Waals surface area contributed by atoms with Gasteiger partial charge in [0.15, 0.2) is 11.6 Å². The van der Waals surface area contributed by atoms with Crippen molar-refractivity contribution in [1.29, 1.82) is 5.26 Å². The number of hydrogen-bond donors (Lipinski definition) is 0. The summed E-state index contributed by atoms with van der Waals surface area (Å²) in [5, 5.41) is 8.85. The summed E-state index contributed by atoms with van der Waals surface area (Å²) in [7, 11) is 1.60. The normalized spacial score (nSPS) is 15.0. The number of piperidine rings is 1. The fourth-order valence-electron chi connectivity index (χ4n) is 3.84. The van der Waals surface area contributed by atoms with Gasteiger partial charge in [-0.05, 0) is 31.0 Å². The number of pyridine rings is 1. The van der Waals surface area contributed by atoms with Crippen molar-refractivity contribution < 1.29 is 4.39 Å². The zero-order valence-electron chi connectivity index (χ0n) is 15.3. The van der Waals surface area contributed by atoms with Gasteiger partial charge in [-0.3, -0.25) is 14.2 Å². The highest BCUT2D eigenvalue weighted by molar-refractivity contribution is 5.75. The molecule has 0 unspecified atom stereocenters. The van der Waals surface area contributed by atoms with Crippen LogP contribution in [0.1, 0.15) is 24.4 Å². The first-order valence-corrected chi connectivity index (χ1v) is 9.02.